The average molecular weight is 403 g/mol. The molecule has 7 nitrogen and oxygen atoms in total. The molecule has 1 aromatic rings. The van der Waals surface area contributed by atoms with Crippen molar-refractivity contribution in [3.05, 3.63) is 35.6 Å². The molecular weight excluding hydrogens is 374 g/mol. The third-order valence-electron chi connectivity index (χ3n) is 5.65. The van der Waals surface area contributed by atoms with Crippen LogP contribution in [0.25, 0.3) is 0 Å². The van der Waals surface area contributed by atoms with E-state index < -0.39 is 6.29 Å². The Hall–Kier alpha value is -2.25. The van der Waals surface area contributed by atoms with Crippen molar-refractivity contribution in [2.75, 3.05) is 20.0 Å². The molecule has 1 fully saturated rings. The molecule has 0 unspecified atom stereocenters. The molecule has 1 aliphatic carbocycles. The normalized spacial score (nSPS) is 23.6. The minimum atomic E-state index is -0.501. The van der Waals surface area contributed by atoms with Crippen molar-refractivity contribution in [3.8, 4) is 11.5 Å². The highest BCUT2D eigenvalue weighted by molar-refractivity contribution is 5.92. The number of unbranched alkanes of at least 4 members (excludes halogenated alkanes) is 1. The van der Waals surface area contributed by atoms with E-state index in [9.17, 15) is 4.79 Å². The maximum atomic E-state index is 12.8. The van der Waals surface area contributed by atoms with Crippen molar-refractivity contribution >= 4 is 5.91 Å². The van der Waals surface area contributed by atoms with Gasteiger partial charge in [0.25, 0.3) is 5.91 Å². The van der Waals surface area contributed by atoms with Gasteiger partial charge < -0.3 is 29.4 Å². The summed E-state index contributed by atoms with van der Waals surface area (Å²) in [5, 5.41) is 12.0. The zero-order valence-corrected chi connectivity index (χ0v) is 16.6. The maximum Gasteiger partial charge on any atom is 0.286 e. The summed E-state index contributed by atoms with van der Waals surface area (Å²) in [6.45, 7) is 0.855. The van der Waals surface area contributed by atoms with Crippen molar-refractivity contribution < 1.29 is 28.8 Å². The van der Waals surface area contributed by atoms with Crippen LogP contribution in [0.3, 0.4) is 0 Å². The zero-order chi connectivity index (χ0) is 20.1. The minimum absolute atomic E-state index is 0.0228. The summed E-state index contributed by atoms with van der Waals surface area (Å²) in [5.41, 5.74) is 1.03. The number of amides is 1. The summed E-state index contributed by atoms with van der Waals surface area (Å²) < 4.78 is 22.7. The quantitative estimate of drug-likeness (QED) is 0.649. The SMILES string of the molecule is O=C(NC1CCCC1)C1=C[C@H](c2ccc3c(c2)OCO3)C[C@H](OCCCCO)O1. The standard InChI is InChI=1S/C22H29NO6/c24-9-3-4-10-26-21-13-16(15-7-8-18-19(11-15)28-14-27-18)12-20(29-21)22(25)23-17-5-1-2-6-17/h7-8,11-12,16-17,21,24H,1-6,9-10,13-14H2,(H,23,25)/t16-,21+/m0/s1. The number of benzene rings is 1. The van der Waals surface area contributed by atoms with Gasteiger partial charge in [-0.15, -0.1) is 0 Å². The number of carbonyl (C=O) groups is 1. The monoisotopic (exact) mass is 403 g/mol. The van der Waals surface area contributed by atoms with Crippen LogP contribution in [0, 0.1) is 0 Å². The van der Waals surface area contributed by atoms with E-state index in [-0.39, 0.29) is 31.3 Å². The van der Waals surface area contributed by atoms with E-state index in [0.29, 0.717) is 25.2 Å². The van der Waals surface area contributed by atoms with Gasteiger partial charge in [0.1, 0.15) is 0 Å². The van der Waals surface area contributed by atoms with Gasteiger partial charge in [0.15, 0.2) is 17.3 Å². The van der Waals surface area contributed by atoms with Crippen LogP contribution in [0.4, 0.5) is 0 Å². The number of ether oxygens (including phenoxy) is 4. The molecule has 2 heterocycles. The number of aliphatic hydroxyl groups is 1. The molecule has 0 radical (unpaired) electrons. The third-order valence-corrected chi connectivity index (χ3v) is 5.65. The lowest BCUT2D eigenvalue weighted by molar-refractivity contribution is -0.146. The average Bonchev–Trinajstić information content (AvgIpc) is 3.42. The molecule has 3 aliphatic rings. The predicted octanol–water partition coefficient (Wildman–Crippen LogP) is 2.98. The fourth-order valence-electron chi connectivity index (χ4n) is 4.05. The molecule has 2 N–H and O–H groups in total. The Morgan fingerprint density at radius 2 is 2.00 bits per heavy atom. The Morgan fingerprint density at radius 3 is 2.83 bits per heavy atom. The van der Waals surface area contributed by atoms with Gasteiger partial charge in [0, 0.05) is 25.0 Å². The molecule has 0 saturated heterocycles. The predicted molar refractivity (Wildman–Crippen MR) is 106 cm³/mol. The second kappa shape index (κ2) is 9.50. The smallest absolute Gasteiger partial charge is 0.286 e. The molecule has 1 aromatic carbocycles. The highest BCUT2D eigenvalue weighted by Crippen LogP contribution is 2.38. The second-order valence-corrected chi connectivity index (χ2v) is 7.79. The number of nitrogens with one attached hydrogen (secondary N) is 1. The number of allylic oxidation sites excluding steroid dienone is 1. The highest BCUT2D eigenvalue weighted by atomic mass is 16.7. The molecule has 29 heavy (non-hydrogen) atoms. The molecule has 1 saturated carbocycles. The van der Waals surface area contributed by atoms with E-state index in [2.05, 4.69) is 5.32 Å². The van der Waals surface area contributed by atoms with Crippen LogP contribution in [0.5, 0.6) is 11.5 Å². The van der Waals surface area contributed by atoms with Crippen molar-refractivity contribution in [1.29, 1.82) is 0 Å². The summed E-state index contributed by atoms with van der Waals surface area (Å²) >= 11 is 0. The third kappa shape index (κ3) is 5.03. The van der Waals surface area contributed by atoms with Crippen LogP contribution in [-0.4, -0.2) is 43.4 Å². The van der Waals surface area contributed by atoms with Crippen molar-refractivity contribution in [3.63, 3.8) is 0 Å². The number of rotatable bonds is 8. The Kier molecular flexibility index (Phi) is 6.56. The Balaban J connectivity index is 1.48. The summed E-state index contributed by atoms with van der Waals surface area (Å²) in [4.78, 5) is 12.8. The van der Waals surface area contributed by atoms with E-state index in [1.807, 2.05) is 24.3 Å². The number of aliphatic hydroxyl groups excluding tert-OH is 1. The van der Waals surface area contributed by atoms with E-state index >= 15 is 0 Å². The van der Waals surface area contributed by atoms with Gasteiger partial charge in [-0.3, -0.25) is 4.79 Å². The molecule has 1 amide bonds. The molecule has 7 heteroatoms. The van der Waals surface area contributed by atoms with Crippen LogP contribution in [-0.2, 0) is 14.3 Å². The Bertz CT molecular complexity index is 743. The fourth-order valence-corrected chi connectivity index (χ4v) is 4.05. The second-order valence-electron chi connectivity index (χ2n) is 7.79. The molecule has 0 aromatic heterocycles. The van der Waals surface area contributed by atoms with E-state index in [1.54, 1.807) is 0 Å². The molecule has 2 atom stereocenters. The fraction of sp³-hybridized carbons (Fsp3) is 0.591. The first-order chi connectivity index (χ1) is 14.2. The number of carbonyl (C=O) groups excluding carboxylic acids is 1. The minimum Gasteiger partial charge on any atom is -0.459 e. The van der Waals surface area contributed by atoms with E-state index in [0.717, 1.165) is 49.2 Å². The van der Waals surface area contributed by atoms with Gasteiger partial charge in [0.2, 0.25) is 13.1 Å². The zero-order valence-electron chi connectivity index (χ0n) is 16.6. The number of hydrogen-bond acceptors (Lipinski definition) is 6. The van der Waals surface area contributed by atoms with Crippen molar-refractivity contribution in [2.24, 2.45) is 0 Å². The summed E-state index contributed by atoms with van der Waals surface area (Å²) in [6.07, 6.45) is 7.77. The number of fused-ring (bicyclic) bond motifs is 1. The first-order valence-corrected chi connectivity index (χ1v) is 10.5. The molecule has 0 spiro atoms. The van der Waals surface area contributed by atoms with Gasteiger partial charge in [-0.1, -0.05) is 18.9 Å². The molecule has 2 aliphatic heterocycles. The van der Waals surface area contributed by atoms with Crippen LogP contribution in [0.1, 0.15) is 56.4 Å². The topological polar surface area (TPSA) is 86.3 Å². The van der Waals surface area contributed by atoms with Crippen LogP contribution < -0.4 is 14.8 Å². The van der Waals surface area contributed by atoms with Gasteiger partial charge in [-0.05, 0) is 49.5 Å². The first-order valence-electron chi connectivity index (χ1n) is 10.5. The molecular formula is C22H29NO6. The van der Waals surface area contributed by atoms with Gasteiger partial charge in [-0.25, -0.2) is 0 Å². The summed E-state index contributed by atoms with van der Waals surface area (Å²) in [7, 11) is 0. The lowest BCUT2D eigenvalue weighted by atomic mass is 9.92. The molecule has 4 rings (SSSR count). The Morgan fingerprint density at radius 1 is 1.17 bits per heavy atom. The van der Waals surface area contributed by atoms with Gasteiger partial charge >= 0.3 is 0 Å². The lowest BCUT2D eigenvalue weighted by Crippen LogP contribution is -2.37. The van der Waals surface area contributed by atoms with Crippen molar-refractivity contribution in [2.45, 2.75) is 63.2 Å². The lowest BCUT2D eigenvalue weighted by Gasteiger charge is -2.30. The van der Waals surface area contributed by atoms with Crippen LogP contribution in [0.15, 0.2) is 30.0 Å². The summed E-state index contributed by atoms with van der Waals surface area (Å²) in [5.74, 6) is 1.58. The molecule has 0 bridgehead atoms. The highest BCUT2D eigenvalue weighted by Gasteiger charge is 2.31. The molecule has 158 valence electrons. The van der Waals surface area contributed by atoms with E-state index in [4.69, 9.17) is 24.1 Å². The van der Waals surface area contributed by atoms with Gasteiger partial charge in [-0.2, -0.15) is 0 Å². The van der Waals surface area contributed by atoms with Gasteiger partial charge in [0.05, 0.1) is 6.61 Å². The van der Waals surface area contributed by atoms with Crippen molar-refractivity contribution in [1.82, 2.24) is 5.32 Å². The number of hydrogen-bond donors (Lipinski definition) is 2. The van der Waals surface area contributed by atoms with E-state index in [1.165, 1.54) is 0 Å². The van der Waals surface area contributed by atoms with Crippen LogP contribution in [0.2, 0.25) is 0 Å². The first kappa shape index (κ1) is 20.0. The van der Waals surface area contributed by atoms with Crippen LogP contribution >= 0.6 is 0 Å². The Labute approximate surface area is 171 Å². The summed E-state index contributed by atoms with van der Waals surface area (Å²) in [6, 6.07) is 6.08. The largest absolute Gasteiger partial charge is 0.459 e. The maximum absolute atomic E-state index is 12.8.